The zero-order valence-corrected chi connectivity index (χ0v) is 8.14. The molecule has 0 unspecified atom stereocenters. The second kappa shape index (κ2) is 2.81. The van der Waals surface area contributed by atoms with Crippen molar-refractivity contribution in [2.45, 2.75) is 25.2 Å². The molecule has 0 saturated heterocycles. The summed E-state index contributed by atoms with van der Waals surface area (Å²) in [6.07, 6.45) is 3.46. The van der Waals surface area contributed by atoms with E-state index in [4.69, 9.17) is 11.6 Å². The lowest BCUT2D eigenvalue weighted by Gasteiger charge is -2.11. The molecule has 2 nitrogen and oxygen atoms in total. The number of carbonyl (C=O) groups excluding carboxylic acids is 1. The predicted octanol–water partition coefficient (Wildman–Crippen LogP) is 2.36. The van der Waals surface area contributed by atoms with E-state index >= 15 is 0 Å². The van der Waals surface area contributed by atoms with Gasteiger partial charge in [-0.25, -0.2) is 4.98 Å². The maximum absolute atomic E-state index is 11.4. The predicted molar refractivity (Wildman–Crippen MR) is 50.8 cm³/mol. The third kappa shape index (κ3) is 1.25. The Kier molecular flexibility index (Phi) is 1.88. The van der Waals surface area contributed by atoms with E-state index in [2.05, 4.69) is 4.98 Å². The third-order valence-electron chi connectivity index (χ3n) is 2.70. The molecule has 2 rings (SSSR count). The Bertz CT molecular complexity index is 358. The Hall–Kier alpha value is -0.890. The molecule has 0 radical (unpaired) electrons. The van der Waals surface area contributed by atoms with Crippen molar-refractivity contribution in [1.82, 2.24) is 4.98 Å². The van der Waals surface area contributed by atoms with E-state index in [-0.39, 0.29) is 11.2 Å². The summed E-state index contributed by atoms with van der Waals surface area (Å²) >= 11 is 5.93. The van der Waals surface area contributed by atoms with Crippen LogP contribution >= 0.6 is 11.6 Å². The van der Waals surface area contributed by atoms with Gasteiger partial charge in [0.2, 0.25) is 0 Å². The van der Waals surface area contributed by atoms with Gasteiger partial charge in [0.25, 0.3) is 0 Å². The van der Waals surface area contributed by atoms with Gasteiger partial charge < -0.3 is 0 Å². The van der Waals surface area contributed by atoms with Gasteiger partial charge in [0, 0.05) is 11.8 Å². The molecular formula is C10H10ClNO. The van der Waals surface area contributed by atoms with Gasteiger partial charge in [0.15, 0.2) is 0 Å². The molecule has 13 heavy (non-hydrogen) atoms. The Balaban J connectivity index is 2.47. The second-order valence-electron chi connectivity index (χ2n) is 3.48. The molecule has 1 saturated carbocycles. The van der Waals surface area contributed by atoms with Crippen molar-refractivity contribution in [2.75, 3.05) is 0 Å². The van der Waals surface area contributed by atoms with Crippen molar-refractivity contribution in [3.63, 3.8) is 0 Å². The number of ketones is 1. The van der Waals surface area contributed by atoms with Crippen molar-refractivity contribution in [3.8, 4) is 0 Å². The molecule has 68 valence electrons. The van der Waals surface area contributed by atoms with Gasteiger partial charge in [-0.1, -0.05) is 17.7 Å². The van der Waals surface area contributed by atoms with Crippen molar-refractivity contribution in [2.24, 2.45) is 0 Å². The lowest BCUT2D eigenvalue weighted by Crippen LogP contribution is -2.17. The van der Waals surface area contributed by atoms with E-state index in [1.54, 1.807) is 13.1 Å². The van der Waals surface area contributed by atoms with Crippen molar-refractivity contribution < 1.29 is 4.79 Å². The summed E-state index contributed by atoms with van der Waals surface area (Å²) in [5, 5.41) is 0.468. The Morgan fingerprint density at radius 3 is 2.77 bits per heavy atom. The molecular weight excluding hydrogens is 186 g/mol. The molecule has 0 amide bonds. The summed E-state index contributed by atoms with van der Waals surface area (Å²) in [7, 11) is 0. The Morgan fingerprint density at radius 2 is 2.31 bits per heavy atom. The highest BCUT2D eigenvalue weighted by molar-refractivity contribution is 6.30. The van der Waals surface area contributed by atoms with Crippen molar-refractivity contribution in [1.29, 1.82) is 0 Å². The largest absolute Gasteiger partial charge is 0.299 e. The fourth-order valence-corrected chi connectivity index (χ4v) is 1.98. The lowest BCUT2D eigenvalue weighted by molar-refractivity contribution is -0.119. The first kappa shape index (κ1) is 8.70. The van der Waals surface area contributed by atoms with Crippen LogP contribution in [0.25, 0.3) is 0 Å². The first-order chi connectivity index (χ1) is 6.17. The molecule has 1 aliphatic carbocycles. The minimum absolute atomic E-state index is 0.197. The van der Waals surface area contributed by atoms with Crippen LogP contribution in [0.3, 0.4) is 0 Å². The van der Waals surface area contributed by atoms with Crippen LogP contribution in [-0.4, -0.2) is 10.8 Å². The number of hydrogen-bond donors (Lipinski definition) is 0. The number of carbonyl (C=O) groups is 1. The maximum Gasteiger partial charge on any atom is 0.140 e. The summed E-state index contributed by atoms with van der Waals surface area (Å²) in [4.78, 5) is 15.4. The molecule has 0 aromatic carbocycles. The van der Waals surface area contributed by atoms with Crippen LogP contribution in [0.15, 0.2) is 18.3 Å². The molecule has 0 spiro atoms. The number of rotatable bonds is 2. The monoisotopic (exact) mass is 195 g/mol. The van der Waals surface area contributed by atoms with Gasteiger partial charge in [0.1, 0.15) is 10.9 Å². The van der Waals surface area contributed by atoms with Gasteiger partial charge in [-0.3, -0.25) is 4.79 Å². The van der Waals surface area contributed by atoms with E-state index in [1.807, 2.05) is 12.1 Å². The Labute approximate surface area is 81.9 Å². The minimum atomic E-state index is -0.300. The highest BCUT2D eigenvalue weighted by Crippen LogP contribution is 2.50. The van der Waals surface area contributed by atoms with Gasteiger partial charge in [-0.05, 0) is 25.8 Å². The SMILES string of the molecule is CC(=O)C1(c2cccnc2Cl)CC1. The fraction of sp³-hybridized carbons (Fsp3) is 0.400. The van der Waals surface area contributed by atoms with Gasteiger partial charge in [-0.15, -0.1) is 0 Å². The minimum Gasteiger partial charge on any atom is -0.299 e. The summed E-state index contributed by atoms with van der Waals surface area (Å²) in [6, 6.07) is 3.72. The van der Waals surface area contributed by atoms with Crippen LogP contribution in [0, 0.1) is 0 Å². The van der Waals surface area contributed by atoms with Crippen LogP contribution in [0.1, 0.15) is 25.3 Å². The normalized spacial score (nSPS) is 18.3. The summed E-state index contributed by atoms with van der Waals surface area (Å²) in [6.45, 7) is 1.62. The first-order valence-corrected chi connectivity index (χ1v) is 4.67. The van der Waals surface area contributed by atoms with Crippen LogP contribution in [0.4, 0.5) is 0 Å². The average Bonchev–Trinajstić information content (AvgIpc) is 2.85. The summed E-state index contributed by atoms with van der Waals surface area (Å²) < 4.78 is 0. The van der Waals surface area contributed by atoms with Gasteiger partial charge >= 0.3 is 0 Å². The standard InChI is InChI=1S/C10H10ClNO/c1-7(13)10(4-5-10)8-3-2-6-12-9(8)11/h2-3,6H,4-5H2,1H3. The third-order valence-corrected chi connectivity index (χ3v) is 3.00. The molecule has 1 heterocycles. The number of pyridine rings is 1. The number of aromatic nitrogens is 1. The molecule has 1 aliphatic rings. The summed E-state index contributed by atoms with van der Waals surface area (Å²) in [5.74, 6) is 0.197. The molecule has 0 bridgehead atoms. The van der Waals surface area contributed by atoms with Crippen LogP contribution in [0.5, 0.6) is 0 Å². The molecule has 0 aliphatic heterocycles. The highest BCUT2D eigenvalue weighted by atomic mass is 35.5. The van der Waals surface area contributed by atoms with Crippen molar-refractivity contribution in [3.05, 3.63) is 29.0 Å². The quantitative estimate of drug-likeness (QED) is 0.679. The van der Waals surface area contributed by atoms with E-state index < -0.39 is 0 Å². The summed E-state index contributed by atoms with van der Waals surface area (Å²) in [5.41, 5.74) is 0.592. The molecule has 1 aromatic heterocycles. The van der Waals surface area contributed by atoms with Gasteiger partial charge in [-0.2, -0.15) is 0 Å². The smallest absolute Gasteiger partial charge is 0.140 e. The maximum atomic E-state index is 11.4. The van der Waals surface area contributed by atoms with Crippen LogP contribution < -0.4 is 0 Å². The fourth-order valence-electron chi connectivity index (χ4n) is 1.68. The number of hydrogen-bond acceptors (Lipinski definition) is 2. The van der Waals surface area contributed by atoms with E-state index in [1.165, 1.54) is 0 Å². The Morgan fingerprint density at radius 1 is 1.62 bits per heavy atom. The second-order valence-corrected chi connectivity index (χ2v) is 3.84. The average molecular weight is 196 g/mol. The zero-order valence-electron chi connectivity index (χ0n) is 7.38. The first-order valence-electron chi connectivity index (χ1n) is 4.29. The topological polar surface area (TPSA) is 30.0 Å². The van der Waals surface area contributed by atoms with Crippen LogP contribution in [-0.2, 0) is 10.2 Å². The highest BCUT2D eigenvalue weighted by Gasteiger charge is 2.50. The molecule has 1 fully saturated rings. The van der Waals surface area contributed by atoms with E-state index in [9.17, 15) is 4.79 Å². The van der Waals surface area contributed by atoms with Gasteiger partial charge in [0.05, 0.1) is 5.41 Å². The molecule has 3 heteroatoms. The number of Topliss-reactive ketones (excluding diaryl/α,β-unsaturated/α-hetero) is 1. The lowest BCUT2D eigenvalue weighted by atomic mass is 9.94. The molecule has 1 aromatic rings. The zero-order chi connectivity index (χ0) is 9.47. The van der Waals surface area contributed by atoms with E-state index in [0.717, 1.165) is 18.4 Å². The molecule has 0 N–H and O–H groups in total. The number of nitrogens with zero attached hydrogens (tertiary/aromatic N) is 1. The van der Waals surface area contributed by atoms with Crippen LogP contribution in [0.2, 0.25) is 5.15 Å². The van der Waals surface area contributed by atoms with Crippen molar-refractivity contribution >= 4 is 17.4 Å². The van der Waals surface area contributed by atoms with E-state index in [0.29, 0.717) is 5.15 Å². The number of halogens is 1. The molecule has 0 atom stereocenters.